The van der Waals surface area contributed by atoms with Crippen molar-refractivity contribution < 1.29 is 14.2 Å². The number of pyridine rings is 1. The number of benzene rings is 2. The largest absolute Gasteiger partial charge is 0.497 e. The summed E-state index contributed by atoms with van der Waals surface area (Å²) in [7, 11) is 1.63. The highest BCUT2D eigenvalue weighted by Gasteiger charge is 2.19. The van der Waals surface area contributed by atoms with Crippen molar-refractivity contribution in [1.82, 2.24) is 14.5 Å². The molecule has 0 fully saturated rings. The Morgan fingerprint density at radius 3 is 2.80 bits per heavy atom. The highest BCUT2D eigenvalue weighted by atomic mass is 35.5. The number of ether oxygens (including phenoxy) is 3. The van der Waals surface area contributed by atoms with Crippen molar-refractivity contribution in [1.29, 1.82) is 5.26 Å². The molecule has 1 aliphatic heterocycles. The minimum Gasteiger partial charge on any atom is -0.497 e. The van der Waals surface area contributed by atoms with Gasteiger partial charge in [-0.05, 0) is 47.9 Å². The van der Waals surface area contributed by atoms with Crippen molar-refractivity contribution in [3.63, 3.8) is 0 Å². The summed E-state index contributed by atoms with van der Waals surface area (Å²) in [5, 5.41) is 9.38. The van der Waals surface area contributed by atoms with Gasteiger partial charge in [-0.2, -0.15) is 10.2 Å². The van der Waals surface area contributed by atoms with Crippen LogP contribution in [-0.4, -0.2) is 21.6 Å². The van der Waals surface area contributed by atoms with E-state index in [0.717, 1.165) is 34.6 Å². The van der Waals surface area contributed by atoms with Gasteiger partial charge in [0.25, 0.3) is 0 Å². The smallest absolute Gasteiger partial charge is 0.351 e. The van der Waals surface area contributed by atoms with Crippen LogP contribution in [-0.2, 0) is 19.6 Å². The first-order valence-electron chi connectivity index (χ1n) is 10.8. The minimum absolute atomic E-state index is 0.164. The third-order valence-electron chi connectivity index (χ3n) is 5.63. The average Bonchev–Trinajstić information content (AvgIpc) is 2.88. The van der Waals surface area contributed by atoms with Gasteiger partial charge in [0.15, 0.2) is 0 Å². The first-order valence-corrected chi connectivity index (χ1v) is 11.2. The molecule has 0 amide bonds. The van der Waals surface area contributed by atoms with Crippen molar-refractivity contribution in [2.45, 2.75) is 19.6 Å². The van der Waals surface area contributed by atoms with E-state index in [1.165, 1.54) is 12.4 Å². The molecule has 0 radical (unpaired) electrons. The second-order valence-corrected chi connectivity index (χ2v) is 8.27. The Labute approximate surface area is 205 Å². The van der Waals surface area contributed by atoms with Crippen LogP contribution >= 0.6 is 11.6 Å². The molecule has 5 rings (SSSR count). The fraction of sp³-hybridized carbons (Fsp3) is 0.154. The molecule has 0 atom stereocenters. The van der Waals surface area contributed by atoms with Crippen molar-refractivity contribution in [2.75, 3.05) is 7.11 Å². The molecule has 8 nitrogen and oxygen atoms in total. The van der Waals surface area contributed by atoms with Gasteiger partial charge in [-0.3, -0.25) is 9.55 Å². The average molecular weight is 487 g/mol. The van der Waals surface area contributed by atoms with E-state index in [2.05, 4.69) is 9.97 Å². The predicted molar refractivity (Wildman–Crippen MR) is 129 cm³/mol. The van der Waals surface area contributed by atoms with E-state index in [0.29, 0.717) is 28.6 Å². The molecule has 0 bridgehead atoms. The lowest BCUT2D eigenvalue weighted by atomic mass is 9.97. The van der Waals surface area contributed by atoms with Crippen LogP contribution in [0, 0.1) is 11.3 Å². The summed E-state index contributed by atoms with van der Waals surface area (Å²) in [4.78, 5) is 20.7. The van der Waals surface area contributed by atoms with Crippen molar-refractivity contribution in [3.05, 3.63) is 93.1 Å². The molecule has 35 heavy (non-hydrogen) atoms. The molecule has 1 aliphatic rings. The third kappa shape index (κ3) is 4.67. The zero-order valence-electron chi connectivity index (χ0n) is 18.7. The standard InChI is InChI=1S/C26H19ClN4O4/c1-33-19-3-4-21-18(10-19)6-7-31-23(21)11-25(30-26(31)32)34-15-16-2-5-24(22(27)9-16)35-20-8-17(12-28)13-29-14-20/h2-5,8-11,13-14H,6-7,15H2,1H3. The maximum atomic E-state index is 12.6. The lowest BCUT2D eigenvalue weighted by Gasteiger charge is -2.22. The minimum atomic E-state index is -0.353. The van der Waals surface area contributed by atoms with Crippen LogP contribution in [0.4, 0.5) is 0 Å². The number of aryl methyl sites for hydroxylation is 1. The SMILES string of the molecule is COc1ccc2c(c1)CCn1c-2cc(OCc2ccc(Oc3cncc(C#N)c3)c(Cl)c2)nc1=O. The number of methoxy groups -OCH3 is 1. The maximum absolute atomic E-state index is 12.6. The molecule has 0 N–H and O–H groups in total. The van der Waals surface area contributed by atoms with E-state index in [1.54, 1.807) is 42.0 Å². The Hall–Kier alpha value is -4.35. The van der Waals surface area contributed by atoms with Gasteiger partial charge >= 0.3 is 5.69 Å². The van der Waals surface area contributed by atoms with Gasteiger partial charge in [-0.1, -0.05) is 17.7 Å². The van der Waals surface area contributed by atoms with Gasteiger partial charge in [-0.25, -0.2) is 4.79 Å². The molecule has 0 spiro atoms. The number of aromatic nitrogens is 3. The molecule has 0 saturated heterocycles. The van der Waals surface area contributed by atoms with E-state index < -0.39 is 0 Å². The van der Waals surface area contributed by atoms with Gasteiger partial charge in [0.2, 0.25) is 5.88 Å². The summed E-state index contributed by atoms with van der Waals surface area (Å²) < 4.78 is 18.6. The number of hydrogen-bond donors (Lipinski definition) is 0. The predicted octanol–water partition coefficient (Wildman–Crippen LogP) is 4.77. The summed E-state index contributed by atoms with van der Waals surface area (Å²) in [6.07, 6.45) is 3.68. The molecular formula is C26H19ClN4O4. The molecule has 174 valence electrons. The Morgan fingerprint density at radius 1 is 1.11 bits per heavy atom. The Bertz CT molecular complexity index is 1530. The van der Waals surface area contributed by atoms with E-state index in [4.69, 9.17) is 31.1 Å². The first kappa shape index (κ1) is 22.4. The maximum Gasteiger partial charge on any atom is 0.351 e. The zero-order chi connectivity index (χ0) is 24.4. The number of hydrogen-bond acceptors (Lipinski definition) is 7. The molecule has 3 heterocycles. The van der Waals surface area contributed by atoms with Gasteiger partial charge in [-0.15, -0.1) is 0 Å². The number of nitriles is 1. The van der Waals surface area contributed by atoms with E-state index in [-0.39, 0.29) is 18.2 Å². The normalized spacial score (nSPS) is 11.7. The lowest BCUT2D eigenvalue weighted by Crippen LogP contribution is -2.28. The molecule has 0 saturated carbocycles. The molecule has 0 unspecified atom stereocenters. The molecule has 0 aliphatic carbocycles. The lowest BCUT2D eigenvalue weighted by molar-refractivity contribution is 0.291. The second-order valence-electron chi connectivity index (χ2n) is 7.86. The van der Waals surface area contributed by atoms with Crippen LogP contribution in [0.5, 0.6) is 23.1 Å². The third-order valence-corrected chi connectivity index (χ3v) is 5.93. The number of fused-ring (bicyclic) bond motifs is 3. The molecule has 4 aromatic rings. The molecular weight excluding hydrogens is 468 g/mol. The van der Waals surface area contributed by atoms with Crippen molar-refractivity contribution >= 4 is 11.6 Å². The van der Waals surface area contributed by atoms with Crippen LogP contribution in [0.15, 0.2) is 65.7 Å². The number of nitrogens with zero attached hydrogens (tertiary/aromatic N) is 4. The molecule has 2 aromatic carbocycles. The van der Waals surface area contributed by atoms with Crippen LogP contribution in [0.1, 0.15) is 16.7 Å². The van der Waals surface area contributed by atoms with Gasteiger partial charge in [0, 0.05) is 30.4 Å². The van der Waals surface area contributed by atoms with Gasteiger partial charge < -0.3 is 14.2 Å². The molecule has 2 aromatic heterocycles. The molecule has 9 heteroatoms. The Kier molecular flexibility index (Phi) is 6.08. The number of halogens is 1. The zero-order valence-corrected chi connectivity index (χ0v) is 19.5. The summed E-state index contributed by atoms with van der Waals surface area (Å²) in [6.45, 7) is 0.711. The van der Waals surface area contributed by atoms with E-state index in [9.17, 15) is 4.79 Å². The van der Waals surface area contributed by atoms with Crippen LogP contribution in [0.25, 0.3) is 11.3 Å². The highest BCUT2D eigenvalue weighted by molar-refractivity contribution is 6.32. The van der Waals surface area contributed by atoms with Gasteiger partial charge in [0.05, 0.1) is 29.6 Å². The monoisotopic (exact) mass is 486 g/mol. The summed E-state index contributed by atoms with van der Waals surface area (Å²) in [5.41, 5.74) is 3.64. The topological polar surface area (TPSA) is 99.3 Å². The van der Waals surface area contributed by atoms with Crippen molar-refractivity contribution in [2.24, 2.45) is 0 Å². The fourth-order valence-electron chi connectivity index (χ4n) is 3.92. The van der Waals surface area contributed by atoms with Gasteiger partial charge in [0.1, 0.15) is 29.9 Å². The fourth-order valence-corrected chi connectivity index (χ4v) is 4.16. The summed E-state index contributed by atoms with van der Waals surface area (Å²) in [6, 6.07) is 16.4. The van der Waals surface area contributed by atoms with Crippen LogP contribution < -0.4 is 19.9 Å². The quantitative estimate of drug-likeness (QED) is 0.387. The Balaban J connectivity index is 1.33. The highest BCUT2D eigenvalue weighted by Crippen LogP contribution is 2.33. The Morgan fingerprint density at radius 2 is 2.00 bits per heavy atom. The van der Waals surface area contributed by atoms with Crippen LogP contribution in [0.2, 0.25) is 5.02 Å². The van der Waals surface area contributed by atoms with E-state index in [1.807, 2.05) is 24.3 Å². The second kappa shape index (κ2) is 9.49. The van der Waals surface area contributed by atoms with Crippen LogP contribution in [0.3, 0.4) is 0 Å². The first-order chi connectivity index (χ1) is 17.0. The van der Waals surface area contributed by atoms with Crippen molar-refractivity contribution in [3.8, 4) is 40.5 Å². The number of rotatable bonds is 6. The summed E-state index contributed by atoms with van der Waals surface area (Å²) in [5.74, 6) is 1.85. The summed E-state index contributed by atoms with van der Waals surface area (Å²) >= 11 is 6.39. The van der Waals surface area contributed by atoms with E-state index >= 15 is 0 Å².